The summed E-state index contributed by atoms with van der Waals surface area (Å²) in [4.78, 5) is 0. The number of aryl methyl sites for hydroxylation is 1. The summed E-state index contributed by atoms with van der Waals surface area (Å²) < 4.78 is 5.13. The van der Waals surface area contributed by atoms with Gasteiger partial charge in [-0.1, -0.05) is 18.2 Å². The molecule has 0 aliphatic rings. The molecule has 0 atom stereocenters. The summed E-state index contributed by atoms with van der Waals surface area (Å²) in [6.07, 6.45) is 0. The molecule has 0 saturated carbocycles. The minimum Gasteiger partial charge on any atom is -0.442 e. The van der Waals surface area contributed by atoms with Crippen molar-refractivity contribution < 1.29 is 4.74 Å². The van der Waals surface area contributed by atoms with Crippen LogP contribution < -0.4 is 10.5 Å². The van der Waals surface area contributed by atoms with Gasteiger partial charge in [-0.05, 0) is 25.1 Å². The minimum atomic E-state index is 0.222. The molecule has 0 saturated heterocycles. The Bertz CT molecular complexity index is 268. The van der Waals surface area contributed by atoms with Gasteiger partial charge < -0.3 is 10.5 Å². The maximum absolute atomic E-state index is 5.28. The zero-order valence-corrected chi connectivity index (χ0v) is 6.50. The lowest BCUT2D eigenvalue weighted by Crippen LogP contribution is -2.03. The second kappa shape index (κ2) is 3.10. The van der Waals surface area contributed by atoms with Gasteiger partial charge in [0, 0.05) is 0 Å². The summed E-state index contributed by atoms with van der Waals surface area (Å²) in [7, 11) is 0. The van der Waals surface area contributed by atoms with Gasteiger partial charge in [0.2, 0.25) is 0 Å². The number of para-hydroxylation sites is 1. The lowest BCUT2D eigenvalue weighted by atomic mass is 10.2. The fourth-order valence-electron chi connectivity index (χ4n) is 0.812. The van der Waals surface area contributed by atoms with Crippen LogP contribution in [0.15, 0.2) is 36.7 Å². The first-order chi connectivity index (χ1) is 5.20. The molecule has 2 heteroatoms. The Hall–Kier alpha value is -1.44. The Labute approximate surface area is 66.3 Å². The Kier molecular flexibility index (Phi) is 2.16. The smallest absolute Gasteiger partial charge is 0.183 e. The van der Waals surface area contributed by atoms with E-state index in [-0.39, 0.29) is 5.88 Å². The number of hydrogen-bond acceptors (Lipinski definition) is 2. The summed E-state index contributed by atoms with van der Waals surface area (Å²) in [5.74, 6) is 0.985. The molecule has 1 aromatic carbocycles. The van der Waals surface area contributed by atoms with Crippen LogP contribution in [0.5, 0.6) is 5.75 Å². The predicted molar refractivity (Wildman–Crippen MR) is 45.1 cm³/mol. The quantitative estimate of drug-likeness (QED) is 0.651. The van der Waals surface area contributed by atoms with Crippen LogP contribution >= 0.6 is 0 Å². The molecule has 0 aliphatic carbocycles. The molecule has 0 heterocycles. The third kappa shape index (κ3) is 2.00. The lowest BCUT2D eigenvalue weighted by molar-refractivity contribution is 0.419. The van der Waals surface area contributed by atoms with Crippen LogP contribution in [0.3, 0.4) is 0 Å². The number of benzene rings is 1. The highest BCUT2D eigenvalue weighted by Gasteiger charge is 1.96. The second-order valence-electron chi connectivity index (χ2n) is 2.33. The van der Waals surface area contributed by atoms with E-state index in [1.807, 2.05) is 31.2 Å². The topological polar surface area (TPSA) is 35.2 Å². The monoisotopic (exact) mass is 149 g/mol. The van der Waals surface area contributed by atoms with Gasteiger partial charge in [0.25, 0.3) is 0 Å². The van der Waals surface area contributed by atoms with E-state index in [2.05, 4.69) is 6.58 Å². The zero-order chi connectivity index (χ0) is 8.27. The van der Waals surface area contributed by atoms with Gasteiger partial charge in [0.05, 0.1) is 0 Å². The van der Waals surface area contributed by atoms with Crippen molar-refractivity contribution in [3.8, 4) is 5.75 Å². The molecule has 2 N–H and O–H groups in total. The number of ether oxygens (including phenoxy) is 1. The highest BCUT2D eigenvalue weighted by atomic mass is 16.5. The lowest BCUT2D eigenvalue weighted by Gasteiger charge is -2.05. The maximum Gasteiger partial charge on any atom is 0.183 e. The Morgan fingerprint density at radius 3 is 2.64 bits per heavy atom. The molecule has 0 radical (unpaired) electrons. The van der Waals surface area contributed by atoms with Gasteiger partial charge in [-0.25, -0.2) is 0 Å². The molecule has 1 rings (SSSR count). The summed E-state index contributed by atoms with van der Waals surface area (Å²) in [6.45, 7) is 5.40. The Morgan fingerprint density at radius 1 is 1.45 bits per heavy atom. The fourth-order valence-corrected chi connectivity index (χ4v) is 0.812. The van der Waals surface area contributed by atoms with Crippen LogP contribution in [-0.4, -0.2) is 0 Å². The van der Waals surface area contributed by atoms with E-state index in [1.165, 1.54) is 0 Å². The molecule has 0 aromatic heterocycles. The number of rotatable bonds is 2. The predicted octanol–water partition coefficient (Wildman–Crippen LogP) is 1.80. The molecule has 0 bridgehead atoms. The van der Waals surface area contributed by atoms with Crippen molar-refractivity contribution >= 4 is 0 Å². The molecule has 1 aromatic rings. The van der Waals surface area contributed by atoms with Crippen molar-refractivity contribution in [1.82, 2.24) is 0 Å². The van der Waals surface area contributed by atoms with Gasteiger partial charge in [0.15, 0.2) is 5.88 Å². The van der Waals surface area contributed by atoms with Crippen LogP contribution in [0.4, 0.5) is 0 Å². The molecular formula is C9H11NO. The van der Waals surface area contributed by atoms with Gasteiger partial charge in [0.1, 0.15) is 5.75 Å². The highest BCUT2D eigenvalue weighted by molar-refractivity contribution is 5.32. The summed E-state index contributed by atoms with van der Waals surface area (Å²) >= 11 is 0. The second-order valence-corrected chi connectivity index (χ2v) is 2.33. The standard InChI is InChI=1S/C9H11NO/c1-7-5-3-4-6-9(7)11-8(2)10/h3-6H,2,10H2,1H3. The molecule has 0 fully saturated rings. The van der Waals surface area contributed by atoms with E-state index < -0.39 is 0 Å². The molecule has 0 amide bonds. The molecule has 0 aliphatic heterocycles. The first-order valence-electron chi connectivity index (χ1n) is 3.38. The van der Waals surface area contributed by atoms with E-state index in [4.69, 9.17) is 10.5 Å². The van der Waals surface area contributed by atoms with Gasteiger partial charge in [-0.3, -0.25) is 0 Å². The van der Waals surface area contributed by atoms with Crippen molar-refractivity contribution in [3.05, 3.63) is 42.3 Å². The van der Waals surface area contributed by atoms with Crippen molar-refractivity contribution in [2.75, 3.05) is 0 Å². The van der Waals surface area contributed by atoms with Crippen molar-refractivity contribution in [2.24, 2.45) is 5.73 Å². The van der Waals surface area contributed by atoms with E-state index in [9.17, 15) is 0 Å². The molecular weight excluding hydrogens is 138 g/mol. The Balaban J connectivity index is 2.86. The van der Waals surface area contributed by atoms with Gasteiger partial charge >= 0.3 is 0 Å². The van der Waals surface area contributed by atoms with Crippen LogP contribution in [0.1, 0.15) is 5.56 Å². The van der Waals surface area contributed by atoms with Crippen LogP contribution in [0.25, 0.3) is 0 Å². The Morgan fingerprint density at radius 2 is 2.09 bits per heavy atom. The SMILES string of the molecule is C=C(N)Oc1ccccc1C. The zero-order valence-electron chi connectivity index (χ0n) is 6.50. The average Bonchev–Trinajstić information content (AvgIpc) is 1.93. The molecule has 0 spiro atoms. The van der Waals surface area contributed by atoms with Crippen LogP contribution in [-0.2, 0) is 0 Å². The first-order valence-corrected chi connectivity index (χ1v) is 3.38. The van der Waals surface area contributed by atoms with E-state index >= 15 is 0 Å². The van der Waals surface area contributed by atoms with E-state index in [0.717, 1.165) is 11.3 Å². The number of hydrogen-bond donors (Lipinski definition) is 1. The molecule has 2 nitrogen and oxygen atoms in total. The van der Waals surface area contributed by atoms with E-state index in [0.29, 0.717) is 0 Å². The maximum atomic E-state index is 5.28. The number of nitrogens with two attached hydrogens (primary N) is 1. The van der Waals surface area contributed by atoms with Crippen molar-refractivity contribution in [3.63, 3.8) is 0 Å². The minimum absolute atomic E-state index is 0.222. The van der Waals surface area contributed by atoms with Crippen LogP contribution in [0, 0.1) is 6.92 Å². The van der Waals surface area contributed by atoms with Crippen molar-refractivity contribution in [1.29, 1.82) is 0 Å². The summed E-state index contributed by atoms with van der Waals surface area (Å²) in [6, 6.07) is 7.65. The normalized spacial score (nSPS) is 9.18. The third-order valence-corrected chi connectivity index (χ3v) is 1.33. The average molecular weight is 149 g/mol. The van der Waals surface area contributed by atoms with E-state index in [1.54, 1.807) is 0 Å². The fraction of sp³-hybridized carbons (Fsp3) is 0.111. The highest BCUT2D eigenvalue weighted by Crippen LogP contribution is 2.16. The van der Waals surface area contributed by atoms with Crippen LogP contribution in [0.2, 0.25) is 0 Å². The third-order valence-electron chi connectivity index (χ3n) is 1.33. The summed E-state index contributed by atoms with van der Waals surface area (Å²) in [5, 5.41) is 0. The first kappa shape index (κ1) is 7.66. The largest absolute Gasteiger partial charge is 0.442 e. The molecule has 11 heavy (non-hydrogen) atoms. The van der Waals surface area contributed by atoms with Crippen molar-refractivity contribution in [2.45, 2.75) is 6.92 Å². The van der Waals surface area contributed by atoms with Gasteiger partial charge in [-0.15, -0.1) is 0 Å². The van der Waals surface area contributed by atoms with Gasteiger partial charge in [-0.2, -0.15) is 0 Å². The molecule has 0 unspecified atom stereocenters. The summed E-state index contributed by atoms with van der Waals surface area (Å²) in [5.41, 5.74) is 6.33. The molecule has 58 valence electrons.